The Morgan fingerprint density at radius 2 is 2.14 bits per heavy atom. The van der Waals surface area contributed by atoms with Crippen molar-refractivity contribution in [3.8, 4) is 5.75 Å². The molecule has 0 aliphatic carbocycles. The summed E-state index contributed by atoms with van der Waals surface area (Å²) in [6.45, 7) is 8.21. The first-order valence-electron chi connectivity index (χ1n) is 7.59. The van der Waals surface area contributed by atoms with Crippen molar-refractivity contribution in [1.82, 2.24) is 15.1 Å². The fourth-order valence-corrected chi connectivity index (χ4v) is 2.48. The summed E-state index contributed by atoms with van der Waals surface area (Å²) in [6, 6.07) is 6.42. The summed E-state index contributed by atoms with van der Waals surface area (Å²) < 4.78 is 7.51. The third-order valence-corrected chi connectivity index (χ3v) is 3.61. The second kappa shape index (κ2) is 7.27. The second-order valence-corrected chi connectivity index (χ2v) is 5.26. The summed E-state index contributed by atoms with van der Waals surface area (Å²) in [5.74, 6) is 0.915. The van der Waals surface area contributed by atoms with E-state index >= 15 is 0 Å². The Bertz CT molecular complexity index is 577. The van der Waals surface area contributed by atoms with Crippen LogP contribution in [0.2, 0.25) is 0 Å². The van der Waals surface area contributed by atoms with E-state index in [2.05, 4.69) is 49.5 Å². The number of nitrogens with zero attached hydrogens (tertiary/aromatic N) is 2. The molecule has 2 aromatic rings. The van der Waals surface area contributed by atoms with Gasteiger partial charge in [0.05, 0.1) is 19.3 Å². The van der Waals surface area contributed by atoms with E-state index in [0.29, 0.717) is 0 Å². The number of rotatable bonds is 7. The third kappa shape index (κ3) is 3.64. The van der Waals surface area contributed by atoms with Crippen molar-refractivity contribution in [2.24, 2.45) is 0 Å². The number of nitrogens with one attached hydrogen (secondary N) is 1. The van der Waals surface area contributed by atoms with Gasteiger partial charge in [0.1, 0.15) is 5.75 Å². The van der Waals surface area contributed by atoms with E-state index in [0.717, 1.165) is 25.3 Å². The molecule has 0 amide bonds. The Labute approximate surface area is 127 Å². The van der Waals surface area contributed by atoms with Gasteiger partial charge in [-0.2, -0.15) is 5.10 Å². The van der Waals surface area contributed by atoms with E-state index in [4.69, 9.17) is 4.74 Å². The van der Waals surface area contributed by atoms with Crippen molar-refractivity contribution in [1.29, 1.82) is 0 Å². The molecule has 21 heavy (non-hydrogen) atoms. The Morgan fingerprint density at radius 1 is 1.33 bits per heavy atom. The Kier molecular flexibility index (Phi) is 5.39. The Balaban J connectivity index is 2.41. The molecule has 1 atom stereocenters. The number of aryl methyl sites for hydroxylation is 2. The van der Waals surface area contributed by atoms with Gasteiger partial charge in [-0.3, -0.25) is 4.68 Å². The molecule has 0 fully saturated rings. The second-order valence-electron chi connectivity index (χ2n) is 5.26. The van der Waals surface area contributed by atoms with Gasteiger partial charge < -0.3 is 10.1 Å². The topological polar surface area (TPSA) is 39.1 Å². The fourth-order valence-electron chi connectivity index (χ4n) is 2.48. The molecule has 2 rings (SSSR count). The van der Waals surface area contributed by atoms with Crippen molar-refractivity contribution in [3.05, 3.63) is 47.3 Å². The number of aromatic nitrogens is 2. The molecule has 4 heteroatoms. The van der Waals surface area contributed by atoms with Crippen molar-refractivity contribution < 1.29 is 4.74 Å². The van der Waals surface area contributed by atoms with Gasteiger partial charge in [-0.05, 0) is 32.9 Å². The molecule has 1 heterocycles. The van der Waals surface area contributed by atoms with E-state index in [9.17, 15) is 0 Å². The molecule has 114 valence electrons. The first kappa shape index (κ1) is 15.6. The molecular formula is C17H25N3O. The van der Waals surface area contributed by atoms with Crippen LogP contribution in [0.5, 0.6) is 5.75 Å². The van der Waals surface area contributed by atoms with Gasteiger partial charge in [0.15, 0.2) is 0 Å². The number of hydrogen-bond acceptors (Lipinski definition) is 3. The molecule has 0 spiro atoms. The van der Waals surface area contributed by atoms with Crippen LogP contribution in [-0.2, 0) is 6.54 Å². The van der Waals surface area contributed by atoms with Crippen molar-refractivity contribution in [3.63, 3.8) is 0 Å². The Hall–Kier alpha value is -1.81. The predicted octanol–water partition coefficient (Wildman–Crippen LogP) is 3.31. The van der Waals surface area contributed by atoms with Crippen molar-refractivity contribution in [2.45, 2.75) is 39.8 Å². The van der Waals surface area contributed by atoms with Crippen LogP contribution in [0.4, 0.5) is 0 Å². The van der Waals surface area contributed by atoms with E-state index in [1.807, 2.05) is 16.9 Å². The summed E-state index contributed by atoms with van der Waals surface area (Å²) in [4.78, 5) is 0. The predicted molar refractivity (Wildman–Crippen MR) is 85.8 cm³/mol. The van der Waals surface area contributed by atoms with Crippen LogP contribution in [0.25, 0.3) is 0 Å². The highest BCUT2D eigenvalue weighted by Gasteiger charge is 2.19. The van der Waals surface area contributed by atoms with Crippen LogP contribution in [-0.4, -0.2) is 23.4 Å². The van der Waals surface area contributed by atoms with E-state index in [1.165, 1.54) is 16.7 Å². The minimum Gasteiger partial charge on any atom is -0.496 e. The van der Waals surface area contributed by atoms with Gasteiger partial charge in [0, 0.05) is 23.9 Å². The summed E-state index contributed by atoms with van der Waals surface area (Å²) in [5.41, 5.74) is 3.58. The molecule has 1 aromatic heterocycles. The fraction of sp³-hybridized carbons (Fsp3) is 0.471. The van der Waals surface area contributed by atoms with E-state index in [1.54, 1.807) is 7.11 Å². The smallest absolute Gasteiger partial charge is 0.124 e. The van der Waals surface area contributed by atoms with Gasteiger partial charge >= 0.3 is 0 Å². The van der Waals surface area contributed by atoms with Crippen molar-refractivity contribution >= 4 is 0 Å². The highest BCUT2D eigenvalue weighted by atomic mass is 16.5. The van der Waals surface area contributed by atoms with Gasteiger partial charge in [-0.1, -0.05) is 24.6 Å². The molecule has 0 aliphatic rings. The zero-order valence-electron chi connectivity index (χ0n) is 13.4. The third-order valence-electron chi connectivity index (χ3n) is 3.61. The lowest BCUT2D eigenvalue weighted by molar-refractivity contribution is 0.403. The monoisotopic (exact) mass is 287 g/mol. The lowest BCUT2D eigenvalue weighted by Gasteiger charge is -2.20. The molecule has 0 radical (unpaired) electrons. The molecule has 1 aromatic carbocycles. The van der Waals surface area contributed by atoms with Gasteiger partial charge in [0.25, 0.3) is 0 Å². The van der Waals surface area contributed by atoms with E-state index in [-0.39, 0.29) is 6.04 Å². The number of methoxy groups -OCH3 is 1. The SMILES string of the molecule is CCCNC(c1cnn(CC)c1)c1cc(C)ccc1OC. The molecule has 0 saturated heterocycles. The minimum absolute atomic E-state index is 0.111. The molecule has 4 nitrogen and oxygen atoms in total. The number of hydrogen-bond donors (Lipinski definition) is 1. The standard InChI is InChI=1S/C17H25N3O/c1-5-9-18-17(14-11-19-20(6-2)12-14)15-10-13(3)7-8-16(15)21-4/h7-8,10-12,17-18H,5-6,9H2,1-4H3. The average Bonchev–Trinajstić information content (AvgIpc) is 2.97. The largest absolute Gasteiger partial charge is 0.496 e. The maximum absolute atomic E-state index is 5.55. The number of ether oxygens (including phenoxy) is 1. The van der Waals surface area contributed by atoms with Crippen LogP contribution in [0.1, 0.15) is 43.0 Å². The summed E-state index contributed by atoms with van der Waals surface area (Å²) in [7, 11) is 1.72. The quantitative estimate of drug-likeness (QED) is 0.849. The lowest BCUT2D eigenvalue weighted by Crippen LogP contribution is -2.23. The maximum Gasteiger partial charge on any atom is 0.124 e. The molecule has 0 bridgehead atoms. The molecule has 0 aliphatic heterocycles. The van der Waals surface area contributed by atoms with Crippen LogP contribution < -0.4 is 10.1 Å². The summed E-state index contributed by atoms with van der Waals surface area (Å²) in [5, 5.41) is 8.01. The average molecular weight is 287 g/mol. The van der Waals surface area contributed by atoms with Gasteiger partial charge in [0.2, 0.25) is 0 Å². The zero-order chi connectivity index (χ0) is 15.2. The lowest BCUT2D eigenvalue weighted by atomic mass is 9.98. The molecular weight excluding hydrogens is 262 g/mol. The first-order valence-corrected chi connectivity index (χ1v) is 7.59. The van der Waals surface area contributed by atoms with Crippen LogP contribution in [0.3, 0.4) is 0 Å². The molecule has 0 saturated carbocycles. The first-order chi connectivity index (χ1) is 10.2. The van der Waals surface area contributed by atoms with Crippen molar-refractivity contribution in [2.75, 3.05) is 13.7 Å². The Morgan fingerprint density at radius 3 is 2.76 bits per heavy atom. The summed E-state index contributed by atoms with van der Waals surface area (Å²) in [6.07, 6.45) is 5.14. The molecule has 1 N–H and O–H groups in total. The zero-order valence-corrected chi connectivity index (χ0v) is 13.4. The van der Waals surface area contributed by atoms with Gasteiger partial charge in [-0.15, -0.1) is 0 Å². The van der Waals surface area contributed by atoms with Crippen LogP contribution >= 0.6 is 0 Å². The van der Waals surface area contributed by atoms with E-state index < -0.39 is 0 Å². The van der Waals surface area contributed by atoms with Crippen LogP contribution in [0, 0.1) is 6.92 Å². The van der Waals surface area contributed by atoms with Crippen LogP contribution in [0.15, 0.2) is 30.6 Å². The molecule has 1 unspecified atom stereocenters. The highest BCUT2D eigenvalue weighted by Crippen LogP contribution is 2.30. The maximum atomic E-state index is 5.55. The normalized spacial score (nSPS) is 12.4. The highest BCUT2D eigenvalue weighted by molar-refractivity contribution is 5.43. The summed E-state index contributed by atoms with van der Waals surface area (Å²) >= 11 is 0. The van der Waals surface area contributed by atoms with Gasteiger partial charge in [-0.25, -0.2) is 0 Å². The minimum atomic E-state index is 0.111. The number of benzene rings is 1.